The van der Waals surface area contributed by atoms with Crippen LogP contribution in [-0.2, 0) is 9.31 Å². The molecule has 0 heterocycles. The Bertz CT molecular complexity index is 1230. The van der Waals surface area contributed by atoms with Crippen molar-refractivity contribution in [1.82, 2.24) is 10.6 Å². The van der Waals surface area contributed by atoms with E-state index in [0.29, 0.717) is 19.0 Å². The normalized spacial score (nSPS) is 11.7. The summed E-state index contributed by atoms with van der Waals surface area (Å²) < 4.78 is 18.4. The third kappa shape index (κ3) is 8.30. The molecule has 1 atom stereocenters. The number of hydrogen-bond donors (Lipinski definition) is 3. The Labute approximate surface area is 232 Å². The highest BCUT2D eigenvalue weighted by atomic mass is 16.5. The van der Waals surface area contributed by atoms with Gasteiger partial charge in [0, 0.05) is 19.8 Å². The van der Waals surface area contributed by atoms with Crippen molar-refractivity contribution in [2.24, 2.45) is 0 Å². The zero-order valence-corrected chi connectivity index (χ0v) is 22.6. The van der Waals surface area contributed by atoms with Gasteiger partial charge in [0.2, 0.25) is 0 Å². The van der Waals surface area contributed by atoms with Gasteiger partial charge >= 0.3 is 13.8 Å². The fourth-order valence-electron chi connectivity index (χ4n) is 4.39. The molecule has 0 aliphatic heterocycles. The molecule has 0 amide bonds. The lowest BCUT2D eigenvalue weighted by atomic mass is 9.55. The van der Waals surface area contributed by atoms with Gasteiger partial charge in [-0.3, -0.25) is 0 Å². The van der Waals surface area contributed by atoms with E-state index < -0.39 is 6.92 Å². The van der Waals surface area contributed by atoms with Crippen LogP contribution in [0.3, 0.4) is 0 Å². The lowest BCUT2D eigenvalue weighted by Gasteiger charge is -2.20. The van der Waals surface area contributed by atoms with Crippen molar-refractivity contribution in [3.05, 3.63) is 115 Å². The van der Waals surface area contributed by atoms with Gasteiger partial charge in [0.25, 0.3) is 0 Å². The van der Waals surface area contributed by atoms with E-state index in [1.807, 2.05) is 99.0 Å². The minimum Gasteiger partial charge on any atom is -0.457 e. The van der Waals surface area contributed by atoms with Gasteiger partial charge in [-0.05, 0) is 60.3 Å². The van der Waals surface area contributed by atoms with E-state index in [2.05, 4.69) is 34.9 Å². The highest BCUT2D eigenvalue weighted by Crippen LogP contribution is 2.20. The molecule has 0 saturated carbocycles. The van der Waals surface area contributed by atoms with Gasteiger partial charge in [-0.15, -0.1) is 0 Å². The summed E-state index contributed by atoms with van der Waals surface area (Å²) in [5, 5.41) is 16.4. The molecule has 200 valence electrons. The van der Waals surface area contributed by atoms with E-state index in [9.17, 15) is 5.11 Å². The zero-order chi connectivity index (χ0) is 27.3. The van der Waals surface area contributed by atoms with Crippen LogP contribution in [0.25, 0.3) is 0 Å². The first-order chi connectivity index (χ1) is 19.2. The summed E-state index contributed by atoms with van der Waals surface area (Å²) in [6.07, 6.45) is 0. The molecule has 0 aliphatic rings. The largest absolute Gasteiger partial charge is 0.457 e. The molecule has 8 heteroatoms. The maximum absolute atomic E-state index is 9.97. The van der Waals surface area contributed by atoms with Gasteiger partial charge in [0.1, 0.15) is 11.5 Å². The van der Waals surface area contributed by atoms with E-state index in [1.165, 1.54) is 0 Å². The molecule has 0 fully saturated rings. The molecule has 0 aliphatic carbocycles. The number of aliphatic hydroxyl groups excluding tert-OH is 1. The Morgan fingerprint density at radius 3 is 1.82 bits per heavy atom. The molecule has 1 unspecified atom stereocenters. The van der Waals surface area contributed by atoms with E-state index in [-0.39, 0.29) is 19.5 Å². The second-order valence-electron chi connectivity index (χ2n) is 9.26. The quantitative estimate of drug-likeness (QED) is 0.165. The molecular weight excluding hydrogens is 486 g/mol. The van der Waals surface area contributed by atoms with Gasteiger partial charge in [-0.1, -0.05) is 84.9 Å². The topological polar surface area (TPSA) is 72.0 Å². The lowest BCUT2D eigenvalue weighted by molar-refractivity contribution is 0.252. The second-order valence-corrected chi connectivity index (χ2v) is 9.26. The van der Waals surface area contributed by atoms with Crippen molar-refractivity contribution in [3.63, 3.8) is 0 Å². The van der Waals surface area contributed by atoms with Crippen molar-refractivity contribution in [2.75, 3.05) is 40.4 Å². The molecule has 6 nitrogen and oxygen atoms in total. The summed E-state index contributed by atoms with van der Waals surface area (Å²) >= 11 is 0. The fraction of sp³-hybridized carbons (Fsp3) is 0.226. The van der Waals surface area contributed by atoms with Gasteiger partial charge < -0.3 is 29.8 Å². The van der Waals surface area contributed by atoms with Gasteiger partial charge in [0.15, 0.2) is 0 Å². The van der Waals surface area contributed by atoms with Crippen LogP contribution in [0.5, 0.6) is 11.5 Å². The number of hydrogen-bond acceptors (Lipinski definition) is 6. The summed E-state index contributed by atoms with van der Waals surface area (Å²) in [6.45, 7) is 1.17. The van der Waals surface area contributed by atoms with Crippen molar-refractivity contribution in [3.8, 4) is 11.5 Å². The summed E-state index contributed by atoms with van der Waals surface area (Å²) in [5.74, 6) is 1.45. The van der Waals surface area contributed by atoms with Crippen molar-refractivity contribution < 1.29 is 19.2 Å². The van der Waals surface area contributed by atoms with E-state index in [0.717, 1.165) is 34.2 Å². The Kier molecular flexibility index (Phi) is 11.2. The number of rotatable bonds is 15. The molecule has 0 radical (unpaired) electrons. The molecule has 0 bridgehead atoms. The first-order valence-electron chi connectivity index (χ1n) is 13.4. The van der Waals surface area contributed by atoms with Crippen molar-refractivity contribution in [1.29, 1.82) is 0 Å². The zero-order valence-electron chi connectivity index (χ0n) is 22.6. The second kappa shape index (κ2) is 15.3. The molecule has 3 N–H and O–H groups in total. The molecule has 0 spiro atoms. The predicted molar refractivity (Wildman–Crippen MR) is 161 cm³/mol. The average Bonchev–Trinajstić information content (AvgIpc) is 3.00. The predicted octanol–water partition coefficient (Wildman–Crippen LogP) is 2.53. The van der Waals surface area contributed by atoms with Gasteiger partial charge in [0.05, 0.1) is 12.5 Å². The summed E-state index contributed by atoms with van der Waals surface area (Å²) in [7, 11) is 3.83. The maximum Gasteiger partial charge on any atom is 0.361 e. The Hall–Kier alpha value is -3.39. The Morgan fingerprint density at radius 2 is 1.26 bits per heavy atom. The van der Waals surface area contributed by atoms with Crippen LogP contribution in [0.4, 0.5) is 0 Å². The van der Waals surface area contributed by atoms with Gasteiger partial charge in [-0.25, -0.2) is 0 Å². The monoisotopic (exact) mass is 522 g/mol. The standard InChI is InChI=1S/C31H36B2N2O4/c1-34-21-22-37-33(27-11-7-4-8-12-27)28-15-19-30(20-16-28)39-29-17-13-26(14-18-29)32(24-36)38-23-31(35-2)25-9-5-3-6-10-25/h3-20,31,34-36H,21-24H2,1-2H3. The fourth-order valence-corrected chi connectivity index (χ4v) is 4.39. The van der Waals surface area contributed by atoms with Crippen LogP contribution >= 0.6 is 0 Å². The number of nitrogens with one attached hydrogen (secondary N) is 2. The van der Waals surface area contributed by atoms with Crippen LogP contribution in [0, 0.1) is 0 Å². The van der Waals surface area contributed by atoms with Crippen LogP contribution in [0.1, 0.15) is 11.6 Å². The van der Waals surface area contributed by atoms with Crippen LogP contribution in [0.2, 0.25) is 0 Å². The SMILES string of the molecule is CNCCOB(c1ccccc1)c1ccc(Oc2ccc(B(CO)OCC(NC)c3ccccc3)cc2)cc1. The Balaban J connectivity index is 1.37. The first kappa shape index (κ1) is 28.6. The molecule has 0 aromatic heterocycles. The molecule has 39 heavy (non-hydrogen) atoms. The van der Waals surface area contributed by atoms with Crippen molar-refractivity contribution >= 4 is 30.2 Å². The Morgan fingerprint density at radius 1 is 0.692 bits per heavy atom. The third-order valence-corrected chi connectivity index (χ3v) is 6.59. The molecule has 4 rings (SSSR count). The highest BCUT2D eigenvalue weighted by molar-refractivity contribution is 6.80. The van der Waals surface area contributed by atoms with Crippen LogP contribution < -0.4 is 31.8 Å². The highest BCUT2D eigenvalue weighted by Gasteiger charge is 2.22. The molecular formula is C31H36B2N2O4. The smallest absolute Gasteiger partial charge is 0.361 e. The number of aliphatic hydroxyl groups is 1. The molecule has 4 aromatic rings. The molecule has 4 aromatic carbocycles. The number of ether oxygens (including phenoxy) is 1. The third-order valence-electron chi connectivity index (χ3n) is 6.59. The first-order valence-corrected chi connectivity index (χ1v) is 13.4. The maximum atomic E-state index is 9.97. The van der Waals surface area contributed by atoms with Gasteiger partial charge in [-0.2, -0.15) is 0 Å². The van der Waals surface area contributed by atoms with E-state index in [4.69, 9.17) is 14.0 Å². The molecule has 0 saturated heterocycles. The van der Waals surface area contributed by atoms with Crippen LogP contribution in [0.15, 0.2) is 109 Å². The summed E-state index contributed by atoms with van der Waals surface area (Å²) in [5.41, 5.74) is 4.22. The van der Waals surface area contributed by atoms with Crippen molar-refractivity contribution in [2.45, 2.75) is 6.04 Å². The van der Waals surface area contributed by atoms with E-state index in [1.54, 1.807) is 0 Å². The summed E-state index contributed by atoms with van der Waals surface area (Å²) in [4.78, 5) is 0. The van der Waals surface area contributed by atoms with Crippen LogP contribution in [-0.4, -0.2) is 59.3 Å². The number of likely N-dealkylation sites (N-methyl/N-ethyl adjacent to an activating group) is 2. The minimum atomic E-state index is -0.421. The summed E-state index contributed by atoms with van der Waals surface area (Å²) in [6, 6.07) is 36.1. The lowest BCUT2D eigenvalue weighted by Crippen LogP contribution is -2.45. The number of benzene rings is 4. The van der Waals surface area contributed by atoms with E-state index >= 15 is 0 Å². The minimum absolute atomic E-state index is 0.0426. The average molecular weight is 522 g/mol.